The van der Waals surface area contributed by atoms with E-state index in [1.165, 1.54) is 17.8 Å². The minimum Gasteiger partial charge on any atom is -0.385 e. The number of rotatable bonds is 6. The van der Waals surface area contributed by atoms with Crippen molar-refractivity contribution in [2.45, 2.75) is 6.42 Å². The lowest BCUT2D eigenvalue weighted by atomic mass is 10.1. The molecule has 0 atom stereocenters. The van der Waals surface area contributed by atoms with Crippen molar-refractivity contribution in [2.24, 2.45) is 0 Å². The minimum absolute atomic E-state index is 0.0966. The number of halogens is 2. The molecule has 1 heterocycles. The Hall–Kier alpha value is -3.28. The third-order valence-corrected chi connectivity index (χ3v) is 3.76. The van der Waals surface area contributed by atoms with Crippen molar-refractivity contribution in [1.29, 1.82) is 0 Å². The van der Waals surface area contributed by atoms with Gasteiger partial charge in [-0.1, -0.05) is 30.3 Å². The Morgan fingerprint density at radius 3 is 2.58 bits per heavy atom. The Balaban J connectivity index is 1.61. The lowest BCUT2D eigenvalue weighted by Crippen LogP contribution is -2.15. The lowest BCUT2D eigenvalue weighted by molar-refractivity contribution is 0.102. The van der Waals surface area contributed by atoms with E-state index in [-0.39, 0.29) is 11.4 Å². The van der Waals surface area contributed by atoms with Crippen LogP contribution in [0, 0.1) is 11.6 Å². The van der Waals surface area contributed by atoms with E-state index in [0.29, 0.717) is 12.6 Å². The molecule has 4 nitrogen and oxygen atoms in total. The van der Waals surface area contributed by atoms with Gasteiger partial charge in [0.2, 0.25) is 0 Å². The molecular formula is C20H17F2N3O. The van der Waals surface area contributed by atoms with Gasteiger partial charge in [-0.2, -0.15) is 0 Å². The highest BCUT2D eigenvalue weighted by atomic mass is 19.1. The monoisotopic (exact) mass is 353 g/mol. The molecule has 0 aliphatic rings. The number of pyridine rings is 1. The van der Waals surface area contributed by atoms with Gasteiger partial charge in [0.15, 0.2) is 0 Å². The van der Waals surface area contributed by atoms with Gasteiger partial charge in [-0.3, -0.25) is 9.78 Å². The second-order valence-electron chi connectivity index (χ2n) is 5.67. The highest BCUT2D eigenvalue weighted by molar-refractivity contribution is 6.03. The van der Waals surface area contributed by atoms with E-state index in [9.17, 15) is 13.6 Å². The molecule has 26 heavy (non-hydrogen) atoms. The first kappa shape index (κ1) is 17.5. The first-order chi connectivity index (χ1) is 12.6. The molecule has 0 unspecified atom stereocenters. The smallest absolute Gasteiger partial charge is 0.274 e. The van der Waals surface area contributed by atoms with Gasteiger partial charge in [-0.15, -0.1) is 0 Å². The van der Waals surface area contributed by atoms with Gasteiger partial charge in [0.05, 0.1) is 5.69 Å². The fraction of sp³-hybridized carbons (Fsp3) is 0.100. The van der Waals surface area contributed by atoms with Crippen LogP contribution in [0.5, 0.6) is 0 Å². The summed E-state index contributed by atoms with van der Waals surface area (Å²) in [7, 11) is 0. The van der Waals surface area contributed by atoms with Crippen LogP contribution in [0.2, 0.25) is 0 Å². The van der Waals surface area contributed by atoms with Crippen LogP contribution < -0.4 is 10.6 Å². The number of carbonyl (C=O) groups excluding carboxylic acids is 1. The fourth-order valence-corrected chi connectivity index (χ4v) is 2.44. The quantitative estimate of drug-likeness (QED) is 0.696. The van der Waals surface area contributed by atoms with E-state index < -0.39 is 17.5 Å². The van der Waals surface area contributed by atoms with E-state index >= 15 is 0 Å². The molecule has 3 aromatic rings. The van der Waals surface area contributed by atoms with Gasteiger partial charge in [0.25, 0.3) is 5.91 Å². The maximum atomic E-state index is 13.6. The zero-order valence-corrected chi connectivity index (χ0v) is 13.9. The van der Waals surface area contributed by atoms with Crippen LogP contribution in [-0.4, -0.2) is 17.4 Å². The number of benzene rings is 2. The number of nitrogens with one attached hydrogen (secondary N) is 2. The van der Waals surface area contributed by atoms with Crippen LogP contribution in [0.15, 0.2) is 66.9 Å². The number of aromatic nitrogens is 1. The summed E-state index contributed by atoms with van der Waals surface area (Å²) in [5, 5.41) is 5.62. The first-order valence-corrected chi connectivity index (χ1v) is 8.12. The molecule has 132 valence electrons. The second kappa shape index (κ2) is 8.20. The van der Waals surface area contributed by atoms with Crippen LogP contribution in [0.4, 0.5) is 20.2 Å². The molecule has 0 aliphatic carbocycles. The Morgan fingerprint density at radius 1 is 1.00 bits per heavy atom. The summed E-state index contributed by atoms with van der Waals surface area (Å²) in [6.07, 6.45) is 2.34. The molecule has 0 saturated carbocycles. The van der Waals surface area contributed by atoms with Crippen molar-refractivity contribution < 1.29 is 13.6 Å². The fourth-order valence-electron chi connectivity index (χ4n) is 2.44. The van der Waals surface area contributed by atoms with Crippen LogP contribution >= 0.6 is 0 Å². The standard InChI is InChI=1S/C20H17F2N3O/c21-15-6-7-18(17(22)12-15)25-20(26)19-13-16(9-11-24-19)23-10-8-14-4-2-1-3-5-14/h1-7,9,11-13H,8,10H2,(H,23,24)(H,25,26). The first-order valence-electron chi connectivity index (χ1n) is 8.12. The molecule has 1 amide bonds. The lowest BCUT2D eigenvalue weighted by Gasteiger charge is -2.09. The van der Waals surface area contributed by atoms with Crippen LogP contribution in [0.1, 0.15) is 16.1 Å². The van der Waals surface area contributed by atoms with Gasteiger partial charge in [0, 0.05) is 24.5 Å². The predicted molar refractivity (Wildman–Crippen MR) is 97.2 cm³/mol. The largest absolute Gasteiger partial charge is 0.385 e. The maximum absolute atomic E-state index is 13.6. The van der Waals surface area contributed by atoms with Crippen molar-refractivity contribution >= 4 is 17.3 Å². The van der Waals surface area contributed by atoms with Crippen molar-refractivity contribution in [3.8, 4) is 0 Å². The van der Waals surface area contributed by atoms with Crippen LogP contribution in [0.3, 0.4) is 0 Å². The second-order valence-corrected chi connectivity index (χ2v) is 5.67. The average Bonchev–Trinajstić information content (AvgIpc) is 2.65. The number of hydrogen-bond acceptors (Lipinski definition) is 3. The number of carbonyl (C=O) groups is 1. The highest BCUT2D eigenvalue weighted by Gasteiger charge is 2.11. The zero-order valence-electron chi connectivity index (χ0n) is 13.9. The third-order valence-electron chi connectivity index (χ3n) is 3.76. The molecule has 2 aromatic carbocycles. The highest BCUT2D eigenvalue weighted by Crippen LogP contribution is 2.16. The maximum Gasteiger partial charge on any atom is 0.274 e. The summed E-state index contributed by atoms with van der Waals surface area (Å²) >= 11 is 0. The van der Waals surface area contributed by atoms with E-state index in [0.717, 1.165) is 18.2 Å². The molecule has 3 rings (SSSR count). The topological polar surface area (TPSA) is 54.0 Å². The van der Waals surface area contributed by atoms with Crippen molar-refractivity contribution in [3.63, 3.8) is 0 Å². The number of amides is 1. The third kappa shape index (κ3) is 4.63. The average molecular weight is 353 g/mol. The molecule has 0 aliphatic heterocycles. The summed E-state index contributed by atoms with van der Waals surface area (Å²) in [6, 6.07) is 16.3. The SMILES string of the molecule is O=C(Nc1ccc(F)cc1F)c1cc(NCCc2ccccc2)ccn1. The predicted octanol–water partition coefficient (Wildman–Crippen LogP) is 4.27. The van der Waals surface area contributed by atoms with E-state index in [1.807, 2.05) is 30.3 Å². The Kier molecular flexibility index (Phi) is 5.53. The van der Waals surface area contributed by atoms with Gasteiger partial charge >= 0.3 is 0 Å². The molecule has 0 spiro atoms. The number of anilines is 2. The summed E-state index contributed by atoms with van der Waals surface area (Å²) in [4.78, 5) is 16.2. The number of hydrogen-bond donors (Lipinski definition) is 2. The summed E-state index contributed by atoms with van der Waals surface area (Å²) in [5.74, 6) is -2.11. The van der Waals surface area contributed by atoms with Crippen molar-refractivity contribution in [2.75, 3.05) is 17.2 Å². The van der Waals surface area contributed by atoms with Crippen molar-refractivity contribution in [3.05, 3.63) is 89.8 Å². The van der Waals surface area contributed by atoms with E-state index in [2.05, 4.69) is 15.6 Å². The Labute approximate surface area is 149 Å². The summed E-state index contributed by atoms with van der Waals surface area (Å²) < 4.78 is 26.6. The molecule has 6 heteroatoms. The van der Waals surface area contributed by atoms with Gasteiger partial charge in [-0.25, -0.2) is 8.78 Å². The van der Waals surface area contributed by atoms with Crippen molar-refractivity contribution in [1.82, 2.24) is 4.98 Å². The molecular weight excluding hydrogens is 336 g/mol. The number of nitrogens with zero attached hydrogens (tertiary/aromatic N) is 1. The Bertz CT molecular complexity index is 901. The molecule has 0 bridgehead atoms. The molecule has 0 fully saturated rings. The summed E-state index contributed by atoms with van der Waals surface area (Å²) in [6.45, 7) is 0.696. The minimum atomic E-state index is -0.838. The molecule has 0 saturated heterocycles. The normalized spacial score (nSPS) is 10.4. The molecule has 2 N–H and O–H groups in total. The van der Waals surface area contributed by atoms with Gasteiger partial charge < -0.3 is 10.6 Å². The van der Waals surface area contributed by atoms with Crippen LogP contribution in [0.25, 0.3) is 0 Å². The van der Waals surface area contributed by atoms with Crippen LogP contribution in [-0.2, 0) is 6.42 Å². The van der Waals surface area contributed by atoms with E-state index in [4.69, 9.17) is 0 Å². The molecule has 0 radical (unpaired) electrons. The summed E-state index contributed by atoms with van der Waals surface area (Å²) in [5.41, 5.74) is 1.98. The van der Waals surface area contributed by atoms with E-state index in [1.54, 1.807) is 12.1 Å². The van der Waals surface area contributed by atoms with Gasteiger partial charge in [-0.05, 0) is 36.2 Å². The van der Waals surface area contributed by atoms with Gasteiger partial charge in [0.1, 0.15) is 17.3 Å². The zero-order chi connectivity index (χ0) is 18.4. The Morgan fingerprint density at radius 2 is 1.81 bits per heavy atom. The molecule has 1 aromatic heterocycles.